The van der Waals surface area contributed by atoms with Crippen LogP contribution in [-0.2, 0) is 9.53 Å². The molecule has 0 N–H and O–H groups in total. The Bertz CT molecular complexity index is 881. The molecule has 0 saturated heterocycles. The molecule has 0 atom stereocenters. The van der Waals surface area contributed by atoms with Crippen molar-refractivity contribution in [1.82, 2.24) is 4.98 Å². The van der Waals surface area contributed by atoms with Crippen LogP contribution in [0.15, 0.2) is 54.6 Å². The molecular weight excluding hydrogens is 415 g/mol. The lowest BCUT2D eigenvalue weighted by atomic mass is 10.0. The standard InChI is InChI=1S/C19H17IN2O2/c1-22(12-19(23)24-2)18-11-15(13-6-4-3-5-7-13)16-10-14(20)8-9-17(16)21-18/h3-11H,12H2,1-2H3. The van der Waals surface area contributed by atoms with Crippen LogP contribution >= 0.6 is 22.6 Å². The van der Waals surface area contributed by atoms with Gasteiger partial charge in [0.1, 0.15) is 12.4 Å². The number of rotatable bonds is 4. The van der Waals surface area contributed by atoms with Crippen molar-refractivity contribution in [1.29, 1.82) is 0 Å². The van der Waals surface area contributed by atoms with Crippen LogP contribution in [0, 0.1) is 3.57 Å². The predicted molar refractivity (Wildman–Crippen MR) is 105 cm³/mol. The number of methoxy groups -OCH3 is 1. The molecule has 0 amide bonds. The quantitative estimate of drug-likeness (QED) is 0.460. The first-order chi connectivity index (χ1) is 11.6. The first-order valence-electron chi connectivity index (χ1n) is 7.52. The summed E-state index contributed by atoms with van der Waals surface area (Å²) in [5, 5.41) is 1.10. The number of carbonyl (C=O) groups excluding carboxylic acids is 1. The Morgan fingerprint density at radius 2 is 1.92 bits per heavy atom. The number of anilines is 1. The van der Waals surface area contributed by atoms with Gasteiger partial charge in [-0.05, 0) is 58.0 Å². The minimum Gasteiger partial charge on any atom is -0.468 e. The number of hydrogen-bond donors (Lipinski definition) is 0. The SMILES string of the molecule is COC(=O)CN(C)c1cc(-c2ccccc2)c2cc(I)ccc2n1. The smallest absolute Gasteiger partial charge is 0.325 e. The summed E-state index contributed by atoms with van der Waals surface area (Å²) in [6, 6.07) is 18.4. The van der Waals surface area contributed by atoms with Crippen LogP contribution < -0.4 is 4.90 Å². The highest BCUT2D eigenvalue weighted by molar-refractivity contribution is 14.1. The minimum atomic E-state index is -0.289. The summed E-state index contributed by atoms with van der Waals surface area (Å²) in [4.78, 5) is 18.1. The summed E-state index contributed by atoms with van der Waals surface area (Å²) < 4.78 is 5.91. The normalized spacial score (nSPS) is 10.6. The van der Waals surface area contributed by atoms with Crippen molar-refractivity contribution in [2.24, 2.45) is 0 Å². The zero-order valence-electron chi connectivity index (χ0n) is 13.5. The van der Waals surface area contributed by atoms with Gasteiger partial charge in [-0.15, -0.1) is 0 Å². The molecule has 0 radical (unpaired) electrons. The summed E-state index contributed by atoms with van der Waals surface area (Å²) in [5.41, 5.74) is 3.13. The molecule has 0 aliphatic heterocycles. The zero-order valence-corrected chi connectivity index (χ0v) is 15.6. The van der Waals surface area contributed by atoms with Gasteiger partial charge in [0.15, 0.2) is 0 Å². The van der Waals surface area contributed by atoms with Crippen LogP contribution in [0.1, 0.15) is 0 Å². The lowest BCUT2D eigenvalue weighted by Crippen LogP contribution is -2.27. The number of benzene rings is 2. The van der Waals surface area contributed by atoms with Crippen LogP contribution in [0.2, 0.25) is 0 Å². The summed E-state index contributed by atoms with van der Waals surface area (Å²) in [5.74, 6) is 0.455. The molecule has 0 bridgehead atoms. The second kappa shape index (κ2) is 7.17. The molecule has 2 aromatic carbocycles. The van der Waals surface area contributed by atoms with E-state index in [2.05, 4.69) is 40.8 Å². The number of ether oxygens (including phenoxy) is 1. The Labute approximate surface area is 154 Å². The van der Waals surface area contributed by atoms with Gasteiger partial charge >= 0.3 is 5.97 Å². The van der Waals surface area contributed by atoms with E-state index in [1.54, 1.807) is 4.90 Å². The molecule has 4 nitrogen and oxygen atoms in total. The maximum atomic E-state index is 11.6. The number of esters is 1. The van der Waals surface area contributed by atoms with Gasteiger partial charge in [0, 0.05) is 16.0 Å². The Morgan fingerprint density at radius 3 is 2.62 bits per heavy atom. The number of pyridine rings is 1. The highest BCUT2D eigenvalue weighted by Crippen LogP contribution is 2.32. The van der Waals surface area contributed by atoms with Crippen LogP contribution in [0.3, 0.4) is 0 Å². The maximum absolute atomic E-state index is 11.6. The predicted octanol–water partition coefficient (Wildman–Crippen LogP) is 4.12. The van der Waals surface area contributed by atoms with Crippen LogP contribution in [0.4, 0.5) is 5.82 Å². The lowest BCUT2D eigenvalue weighted by Gasteiger charge is -2.19. The molecule has 3 aromatic rings. The number of hydrogen-bond acceptors (Lipinski definition) is 4. The summed E-state index contributed by atoms with van der Waals surface area (Å²) >= 11 is 2.31. The third kappa shape index (κ3) is 3.51. The summed E-state index contributed by atoms with van der Waals surface area (Å²) in [6.07, 6.45) is 0. The Hall–Kier alpha value is -2.15. The van der Waals surface area contributed by atoms with Crippen LogP contribution in [0.5, 0.6) is 0 Å². The Morgan fingerprint density at radius 1 is 1.17 bits per heavy atom. The molecule has 5 heteroatoms. The van der Waals surface area contributed by atoms with Crippen molar-refractivity contribution < 1.29 is 9.53 Å². The third-order valence-corrected chi connectivity index (χ3v) is 4.50. The van der Waals surface area contributed by atoms with E-state index >= 15 is 0 Å². The van der Waals surface area contributed by atoms with E-state index in [1.165, 1.54) is 7.11 Å². The molecular formula is C19H17IN2O2. The highest BCUT2D eigenvalue weighted by Gasteiger charge is 2.13. The van der Waals surface area contributed by atoms with Gasteiger partial charge in [-0.2, -0.15) is 0 Å². The van der Waals surface area contributed by atoms with Crippen LogP contribution in [-0.4, -0.2) is 31.7 Å². The van der Waals surface area contributed by atoms with Crippen molar-refractivity contribution in [3.05, 3.63) is 58.2 Å². The van der Waals surface area contributed by atoms with Gasteiger partial charge in [0.2, 0.25) is 0 Å². The van der Waals surface area contributed by atoms with E-state index < -0.39 is 0 Å². The Kier molecular flexibility index (Phi) is 4.99. The van der Waals surface area contributed by atoms with E-state index in [-0.39, 0.29) is 12.5 Å². The average Bonchev–Trinajstić information content (AvgIpc) is 2.61. The topological polar surface area (TPSA) is 42.4 Å². The van der Waals surface area contributed by atoms with E-state index in [1.807, 2.05) is 43.4 Å². The second-order valence-electron chi connectivity index (χ2n) is 5.49. The molecule has 0 saturated carbocycles. The van der Waals surface area contributed by atoms with Gasteiger partial charge in [-0.25, -0.2) is 4.98 Å². The first kappa shape index (κ1) is 16.7. The first-order valence-corrected chi connectivity index (χ1v) is 8.60. The highest BCUT2D eigenvalue weighted by atomic mass is 127. The Balaban J connectivity index is 2.16. The number of fused-ring (bicyclic) bond motifs is 1. The molecule has 122 valence electrons. The minimum absolute atomic E-state index is 0.160. The number of nitrogens with zero attached hydrogens (tertiary/aromatic N) is 2. The van der Waals surface area contributed by atoms with E-state index in [9.17, 15) is 4.79 Å². The van der Waals surface area contributed by atoms with Gasteiger partial charge in [0.25, 0.3) is 0 Å². The summed E-state index contributed by atoms with van der Waals surface area (Å²) in [7, 11) is 3.23. The van der Waals surface area contributed by atoms with Crippen molar-refractivity contribution in [2.45, 2.75) is 0 Å². The van der Waals surface area contributed by atoms with Gasteiger partial charge < -0.3 is 9.64 Å². The molecule has 0 fully saturated rings. The van der Waals surface area contributed by atoms with Crippen molar-refractivity contribution in [3.63, 3.8) is 0 Å². The van der Waals surface area contributed by atoms with Crippen LogP contribution in [0.25, 0.3) is 22.0 Å². The fourth-order valence-electron chi connectivity index (χ4n) is 2.58. The van der Waals surface area contributed by atoms with E-state index in [0.29, 0.717) is 0 Å². The molecule has 1 heterocycles. The fraction of sp³-hybridized carbons (Fsp3) is 0.158. The lowest BCUT2D eigenvalue weighted by molar-refractivity contribution is -0.138. The molecule has 24 heavy (non-hydrogen) atoms. The molecule has 0 aliphatic carbocycles. The number of likely N-dealkylation sites (N-methyl/N-ethyl adjacent to an activating group) is 1. The molecule has 1 aromatic heterocycles. The zero-order chi connectivity index (χ0) is 17.1. The molecule has 0 unspecified atom stereocenters. The van der Waals surface area contributed by atoms with Gasteiger partial charge in [-0.1, -0.05) is 30.3 Å². The third-order valence-electron chi connectivity index (χ3n) is 3.83. The van der Waals surface area contributed by atoms with E-state index in [0.717, 1.165) is 31.4 Å². The molecule has 0 aliphatic rings. The van der Waals surface area contributed by atoms with Crippen molar-refractivity contribution in [3.8, 4) is 11.1 Å². The fourth-order valence-corrected chi connectivity index (χ4v) is 3.07. The maximum Gasteiger partial charge on any atom is 0.325 e. The van der Waals surface area contributed by atoms with Crippen molar-refractivity contribution >= 4 is 45.3 Å². The van der Waals surface area contributed by atoms with Gasteiger partial charge in [0.05, 0.1) is 12.6 Å². The number of halogens is 1. The average molecular weight is 432 g/mol. The second-order valence-corrected chi connectivity index (χ2v) is 6.73. The summed E-state index contributed by atoms with van der Waals surface area (Å²) in [6.45, 7) is 0.160. The van der Waals surface area contributed by atoms with Gasteiger partial charge in [-0.3, -0.25) is 4.79 Å². The number of aromatic nitrogens is 1. The van der Waals surface area contributed by atoms with Crippen molar-refractivity contribution in [2.75, 3.05) is 25.6 Å². The monoisotopic (exact) mass is 432 g/mol. The number of carbonyl (C=O) groups is 1. The molecule has 0 spiro atoms. The molecule has 3 rings (SSSR count). The largest absolute Gasteiger partial charge is 0.468 e. The van der Waals surface area contributed by atoms with E-state index in [4.69, 9.17) is 9.72 Å².